The average molecular weight is 245 g/mol. The lowest BCUT2D eigenvalue weighted by molar-refractivity contribution is 0.352. The van der Waals surface area contributed by atoms with Crippen LogP contribution in [0.25, 0.3) is 11.0 Å². The van der Waals surface area contributed by atoms with Crippen LogP contribution in [0.2, 0.25) is 0 Å². The maximum Gasteiger partial charge on any atom is 0.117 e. The van der Waals surface area contributed by atoms with Gasteiger partial charge >= 0.3 is 0 Å². The van der Waals surface area contributed by atoms with Gasteiger partial charge in [-0.2, -0.15) is 0 Å². The predicted octanol–water partition coefficient (Wildman–Crippen LogP) is 2.20. The number of piperidine rings is 1. The number of nitrogens with one attached hydrogen (secondary N) is 2. The molecule has 1 fully saturated rings. The standard InChI is InChI=1S/C14H19N3O/c18-11-2-3-12-13(9-11)17-14(16-12)4-1-10-5-7-15-8-6-10/h2-3,9-10,15,18H,1,4-8H2,(H,16,17). The van der Waals surface area contributed by atoms with Crippen molar-refractivity contribution in [2.45, 2.75) is 25.7 Å². The number of aryl methyl sites for hydroxylation is 1. The molecule has 1 aromatic heterocycles. The second-order valence-corrected chi connectivity index (χ2v) is 5.12. The average Bonchev–Trinajstić information content (AvgIpc) is 2.79. The highest BCUT2D eigenvalue weighted by Crippen LogP contribution is 2.21. The van der Waals surface area contributed by atoms with Gasteiger partial charge in [0.1, 0.15) is 11.6 Å². The number of aromatic hydroxyl groups is 1. The topological polar surface area (TPSA) is 60.9 Å². The van der Waals surface area contributed by atoms with Gasteiger partial charge in [-0.3, -0.25) is 0 Å². The Morgan fingerprint density at radius 1 is 1.28 bits per heavy atom. The Morgan fingerprint density at radius 3 is 2.94 bits per heavy atom. The van der Waals surface area contributed by atoms with Crippen molar-refractivity contribution in [3.8, 4) is 5.75 Å². The van der Waals surface area contributed by atoms with Gasteiger partial charge in [0.15, 0.2) is 0 Å². The third-order valence-corrected chi connectivity index (χ3v) is 3.76. The van der Waals surface area contributed by atoms with Crippen molar-refractivity contribution in [2.75, 3.05) is 13.1 Å². The van der Waals surface area contributed by atoms with E-state index < -0.39 is 0 Å². The Kier molecular flexibility index (Phi) is 3.19. The summed E-state index contributed by atoms with van der Waals surface area (Å²) in [6.45, 7) is 2.30. The van der Waals surface area contributed by atoms with E-state index in [4.69, 9.17) is 0 Å². The number of phenols is 1. The molecule has 2 heterocycles. The van der Waals surface area contributed by atoms with Crippen LogP contribution < -0.4 is 5.32 Å². The third-order valence-electron chi connectivity index (χ3n) is 3.76. The van der Waals surface area contributed by atoms with E-state index in [-0.39, 0.29) is 5.75 Å². The molecule has 3 N–H and O–H groups in total. The van der Waals surface area contributed by atoms with Gasteiger partial charge in [-0.25, -0.2) is 4.98 Å². The molecule has 0 atom stereocenters. The summed E-state index contributed by atoms with van der Waals surface area (Å²) in [6.07, 6.45) is 4.76. The molecule has 2 aromatic rings. The van der Waals surface area contributed by atoms with Crippen LogP contribution in [0, 0.1) is 5.92 Å². The second kappa shape index (κ2) is 4.98. The fourth-order valence-electron chi connectivity index (χ4n) is 2.68. The molecule has 1 saturated heterocycles. The minimum atomic E-state index is 0.288. The normalized spacial score (nSPS) is 17.3. The minimum Gasteiger partial charge on any atom is -0.508 e. The first-order valence-electron chi connectivity index (χ1n) is 6.69. The number of fused-ring (bicyclic) bond motifs is 1. The zero-order chi connectivity index (χ0) is 12.4. The molecule has 18 heavy (non-hydrogen) atoms. The third kappa shape index (κ3) is 2.48. The lowest BCUT2D eigenvalue weighted by atomic mass is 9.93. The Hall–Kier alpha value is -1.55. The van der Waals surface area contributed by atoms with Crippen molar-refractivity contribution in [2.24, 2.45) is 5.92 Å². The molecular formula is C14H19N3O. The number of aromatic amines is 1. The number of H-pyrrole nitrogens is 1. The summed E-state index contributed by atoms with van der Waals surface area (Å²) < 4.78 is 0. The van der Waals surface area contributed by atoms with Gasteiger partial charge in [0, 0.05) is 12.5 Å². The van der Waals surface area contributed by atoms with Crippen LogP contribution in [0.4, 0.5) is 0 Å². The zero-order valence-electron chi connectivity index (χ0n) is 10.4. The Labute approximate surface area is 106 Å². The van der Waals surface area contributed by atoms with Crippen molar-refractivity contribution >= 4 is 11.0 Å². The van der Waals surface area contributed by atoms with Gasteiger partial charge in [0.25, 0.3) is 0 Å². The van der Waals surface area contributed by atoms with E-state index in [1.54, 1.807) is 12.1 Å². The highest BCUT2D eigenvalue weighted by atomic mass is 16.3. The van der Waals surface area contributed by atoms with Crippen molar-refractivity contribution in [3.63, 3.8) is 0 Å². The van der Waals surface area contributed by atoms with Crippen LogP contribution >= 0.6 is 0 Å². The van der Waals surface area contributed by atoms with E-state index in [1.807, 2.05) is 6.07 Å². The van der Waals surface area contributed by atoms with E-state index in [9.17, 15) is 5.11 Å². The van der Waals surface area contributed by atoms with E-state index >= 15 is 0 Å². The largest absolute Gasteiger partial charge is 0.508 e. The van der Waals surface area contributed by atoms with Gasteiger partial charge in [-0.1, -0.05) is 0 Å². The molecule has 0 unspecified atom stereocenters. The maximum atomic E-state index is 9.42. The van der Waals surface area contributed by atoms with Crippen LogP contribution in [0.3, 0.4) is 0 Å². The molecule has 1 aliphatic rings. The minimum absolute atomic E-state index is 0.288. The van der Waals surface area contributed by atoms with Gasteiger partial charge in [0.05, 0.1) is 11.0 Å². The number of hydrogen-bond acceptors (Lipinski definition) is 3. The monoisotopic (exact) mass is 245 g/mol. The van der Waals surface area contributed by atoms with Crippen LogP contribution in [-0.4, -0.2) is 28.2 Å². The highest BCUT2D eigenvalue weighted by Gasteiger charge is 2.13. The molecule has 0 bridgehead atoms. The molecule has 1 aliphatic heterocycles. The first-order chi connectivity index (χ1) is 8.81. The molecule has 4 heteroatoms. The van der Waals surface area contributed by atoms with Crippen LogP contribution in [0.15, 0.2) is 18.2 Å². The quantitative estimate of drug-likeness (QED) is 0.777. The van der Waals surface area contributed by atoms with Gasteiger partial charge in [-0.05, 0) is 50.4 Å². The molecule has 0 spiro atoms. The van der Waals surface area contributed by atoms with Gasteiger partial charge in [0.2, 0.25) is 0 Å². The summed E-state index contributed by atoms with van der Waals surface area (Å²) >= 11 is 0. The summed E-state index contributed by atoms with van der Waals surface area (Å²) in [5.41, 5.74) is 1.86. The molecular weight excluding hydrogens is 226 g/mol. The molecule has 0 aliphatic carbocycles. The lowest BCUT2D eigenvalue weighted by Gasteiger charge is -2.21. The number of aromatic nitrogens is 2. The summed E-state index contributed by atoms with van der Waals surface area (Å²) in [5, 5.41) is 12.8. The number of hydrogen-bond donors (Lipinski definition) is 3. The van der Waals surface area contributed by atoms with Crippen molar-refractivity contribution in [3.05, 3.63) is 24.0 Å². The smallest absolute Gasteiger partial charge is 0.117 e. The molecule has 96 valence electrons. The fraction of sp³-hybridized carbons (Fsp3) is 0.500. The second-order valence-electron chi connectivity index (χ2n) is 5.12. The number of imidazole rings is 1. The number of nitrogens with zero attached hydrogens (tertiary/aromatic N) is 1. The van der Waals surface area contributed by atoms with E-state index in [1.165, 1.54) is 19.3 Å². The van der Waals surface area contributed by atoms with E-state index in [2.05, 4.69) is 15.3 Å². The van der Waals surface area contributed by atoms with Gasteiger partial charge in [-0.15, -0.1) is 0 Å². The fourth-order valence-corrected chi connectivity index (χ4v) is 2.68. The van der Waals surface area contributed by atoms with Crippen LogP contribution in [0.1, 0.15) is 25.1 Å². The molecule has 0 saturated carbocycles. The summed E-state index contributed by atoms with van der Waals surface area (Å²) in [6, 6.07) is 5.27. The van der Waals surface area contributed by atoms with Crippen molar-refractivity contribution in [1.82, 2.24) is 15.3 Å². The van der Waals surface area contributed by atoms with E-state index in [0.29, 0.717) is 0 Å². The maximum absolute atomic E-state index is 9.42. The number of benzene rings is 1. The first-order valence-corrected chi connectivity index (χ1v) is 6.69. The molecule has 4 nitrogen and oxygen atoms in total. The molecule has 1 aromatic carbocycles. The molecule has 3 rings (SSSR count). The Morgan fingerprint density at radius 2 is 2.11 bits per heavy atom. The summed E-state index contributed by atoms with van der Waals surface area (Å²) in [5.74, 6) is 2.15. The van der Waals surface area contributed by atoms with Crippen LogP contribution in [0.5, 0.6) is 5.75 Å². The highest BCUT2D eigenvalue weighted by molar-refractivity contribution is 5.76. The summed E-state index contributed by atoms with van der Waals surface area (Å²) in [4.78, 5) is 7.85. The van der Waals surface area contributed by atoms with Crippen LogP contribution in [-0.2, 0) is 6.42 Å². The zero-order valence-corrected chi connectivity index (χ0v) is 10.4. The predicted molar refractivity (Wildman–Crippen MR) is 71.7 cm³/mol. The van der Waals surface area contributed by atoms with Gasteiger partial charge < -0.3 is 15.4 Å². The van der Waals surface area contributed by atoms with E-state index in [0.717, 1.165) is 42.3 Å². The molecule has 0 radical (unpaired) electrons. The Bertz CT molecular complexity index is 529. The number of phenolic OH excluding ortho intramolecular Hbond substituents is 1. The summed E-state index contributed by atoms with van der Waals surface area (Å²) in [7, 11) is 0. The number of rotatable bonds is 3. The Balaban J connectivity index is 1.67. The van der Waals surface area contributed by atoms with Crippen molar-refractivity contribution in [1.29, 1.82) is 0 Å². The lowest BCUT2D eigenvalue weighted by Crippen LogP contribution is -2.27. The SMILES string of the molecule is Oc1ccc2nc(CCC3CCNCC3)[nH]c2c1. The molecule has 0 amide bonds. The van der Waals surface area contributed by atoms with Crippen molar-refractivity contribution < 1.29 is 5.11 Å². The first kappa shape index (κ1) is 11.5.